The first-order chi connectivity index (χ1) is 11.7. The molecule has 0 spiro atoms. The summed E-state index contributed by atoms with van der Waals surface area (Å²) in [6.45, 7) is 1.77. The summed E-state index contributed by atoms with van der Waals surface area (Å²) in [5.41, 5.74) is 1.93. The molecular weight excluding hydrogens is 342 g/mol. The Morgan fingerprint density at radius 2 is 1.92 bits per heavy atom. The van der Waals surface area contributed by atoms with Gasteiger partial charge in [-0.05, 0) is 23.4 Å². The Labute approximate surface area is 147 Å². The van der Waals surface area contributed by atoms with Crippen molar-refractivity contribution >= 4 is 34.4 Å². The molecule has 0 bridgehead atoms. The minimum absolute atomic E-state index is 0.222. The van der Waals surface area contributed by atoms with Gasteiger partial charge in [-0.15, -0.1) is 22.7 Å². The number of ether oxygens (including phenoxy) is 1. The van der Waals surface area contributed by atoms with E-state index in [9.17, 15) is 9.59 Å². The summed E-state index contributed by atoms with van der Waals surface area (Å²) in [6, 6.07) is 11.2. The molecule has 0 amide bonds. The largest absolute Gasteiger partial charge is 0.453 e. The van der Waals surface area contributed by atoms with Gasteiger partial charge in [0.25, 0.3) is 0 Å². The van der Waals surface area contributed by atoms with E-state index in [1.54, 1.807) is 28.8 Å². The number of hydrogen-bond acceptors (Lipinski definition) is 6. The van der Waals surface area contributed by atoms with Gasteiger partial charge in [-0.1, -0.05) is 37.3 Å². The van der Waals surface area contributed by atoms with Crippen molar-refractivity contribution in [2.24, 2.45) is 0 Å². The molecule has 0 aliphatic carbocycles. The average Bonchev–Trinajstić information content (AvgIpc) is 3.30. The lowest BCUT2D eigenvalue weighted by Crippen LogP contribution is -2.14. The Bertz CT molecular complexity index is 836. The minimum atomic E-state index is -0.576. The number of esters is 1. The zero-order valence-corrected chi connectivity index (χ0v) is 14.7. The molecule has 6 heteroatoms. The van der Waals surface area contributed by atoms with Crippen LogP contribution in [-0.4, -0.2) is 23.3 Å². The summed E-state index contributed by atoms with van der Waals surface area (Å²) in [6.07, 6.45) is 0.917. The van der Waals surface area contributed by atoms with E-state index in [0.717, 1.165) is 21.9 Å². The first-order valence-corrected chi connectivity index (χ1v) is 9.22. The van der Waals surface area contributed by atoms with Crippen LogP contribution < -0.4 is 0 Å². The molecule has 0 unspecified atom stereocenters. The highest BCUT2D eigenvalue weighted by Gasteiger charge is 2.16. The van der Waals surface area contributed by atoms with Gasteiger partial charge in [0.15, 0.2) is 18.1 Å². The first-order valence-electron chi connectivity index (χ1n) is 7.46. The Balaban J connectivity index is 1.59. The predicted molar refractivity (Wildman–Crippen MR) is 95.9 cm³/mol. The molecule has 0 saturated carbocycles. The maximum Gasteiger partial charge on any atom is 0.358 e. The third kappa shape index (κ3) is 3.77. The van der Waals surface area contributed by atoms with E-state index in [1.807, 2.05) is 29.6 Å². The lowest BCUT2D eigenvalue weighted by molar-refractivity contribution is 0.0470. The van der Waals surface area contributed by atoms with Gasteiger partial charge in [-0.2, -0.15) is 0 Å². The lowest BCUT2D eigenvalue weighted by atomic mass is 10.1. The molecular formula is C18H15NO3S2. The van der Waals surface area contributed by atoms with Crippen LogP contribution in [0.2, 0.25) is 0 Å². The van der Waals surface area contributed by atoms with E-state index in [-0.39, 0.29) is 18.1 Å². The van der Waals surface area contributed by atoms with Crippen molar-refractivity contribution in [2.75, 3.05) is 6.61 Å². The maximum absolute atomic E-state index is 12.1. The molecule has 24 heavy (non-hydrogen) atoms. The van der Waals surface area contributed by atoms with Gasteiger partial charge in [0.2, 0.25) is 0 Å². The third-order valence-electron chi connectivity index (χ3n) is 3.46. The summed E-state index contributed by atoms with van der Waals surface area (Å²) in [5, 5.41) is 4.38. The average molecular weight is 357 g/mol. The number of hydrogen-bond donors (Lipinski definition) is 0. The smallest absolute Gasteiger partial charge is 0.358 e. The molecule has 0 aliphatic rings. The molecule has 3 aromatic rings. The number of benzene rings is 1. The van der Waals surface area contributed by atoms with Crippen molar-refractivity contribution in [3.63, 3.8) is 0 Å². The summed E-state index contributed by atoms with van der Waals surface area (Å²) < 4.78 is 5.09. The highest BCUT2D eigenvalue weighted by atomic mass is 32.1. The molecule has 0 aliphatic heterocycles. The number of carbonyl (C=O) groups is 2. The Kier molecular flexibility index (Phi) is 5.17. The van der Waals surface area contributed by atoms with Crippen LogP contribution in [-0.2, 0) is 11.2 Å². The van der Waals surface area contributed by atoms with E-state index in [1.165, 1.54) is 11.3 Å². The maximum atomic E-state index is 12.1. The normalized spacial score (nSPS) is 10.5. The Morgan fingerprint density at radius 3 is 2.58 bits per heavy atom. The molecule has 0 N–H and O–H groups in total. The molecule has 3 rings (SSSR count). The molecule has 0 atom stereocenters. The number of ketones is 1. The fourth-order valence-electron chi connectivity index (χ4n) is 2.10. The molecule has 2 aromatic heterocycles. The van der Waals surface area contributed by atoms with Crippen LogP contribution in [0.4, 0.5) is 0 Å². The van der Waals surface area contributed by atoms with Crippen LogP contribution >= 0.6 is 22.7 Å². The fraction of sp³-hybridized carbons (Fsp3) is 0.167. The summed E-state index contributed by atoms with van der Waals surface area (Å²) in [5.74, 6) is -0.799. The monoisotopic (exact) mass is 357 g/mol. The standard InChI is InChI=1S/C18H15NO3S2/c1-2-12-5-7-13(8-6-12)15(20)10-22-18(21)14-11-24-17(19-14)16-4-3-9-23-16/h3-9,11H,2,10H2,1H3. The second kappa shape index (κ2) is 7.51. The predicted octanol–water partition coefficient (Wildman–Crippen LogP) is 4.47. The molecule has 2 heterocycles. The molecule has 4 nitrogen and oxygen atoms in total. The molecule has 122 valence electrons. The lowest BCUT2D eigenvalue weighted by Gasteiger charge is -2.03. The molecule has 1 aromatic carbocycles. The van der Waals surface area contributed by atoms with Crippen LogP contribution in [0.1, 0.15) is 33.3 Å². The van der Waals surface area contributed by atoms with Crippen LogP contribution in [0.15, 0.2) is 47.2 Å². The van der Waals surface area contributed by atoms with Crippen LogP contribution in [0.3, 0.4) is 0 Å². The van der Waals surface area contributed by atoms with Gasteiger partial charge >= 0.3 is 5.97 Å². The van der Waals surface area contributed by atoms with Gasteiger partial charge < -0.3 is 4.74 Å². The number of thiazole rings is 1. The number of rotatable bonds is 6. The highest BCUT2D eigenvalue weighted by molar-refractivity contribution is 7.20. The van der Waals surface area contributed by atoms with E-state index < -0.39 is 5.97 Å². The number of nitrogens with zero attached hydrogens (tertiary/aromatic N) is 1. The fourth-order valence-corrected chi connectivity index (χ4v) is 3.70. The van der Waals surface area contributed by atoms with E-state index >= 15 is 0 Å². The van der Waals surface area contributed by atoms with Crippen molar-refractivity contribution in [1.29, 1.82) is 0 Å². The van der Waals surface area contributed by atoms with Crippen LogP contribution in [0.5, 0.6) is 0 Å². The van der Waals surface area contributed by atoms with Gasteiger partial charge in [0.05, 0.1) is 4.88 Å². The number of carbonyl (C=O) groups excluding carboxylic acids is 2. The van der Waals surface area contributed by atoms with Crippen molar-refractivity contribution in [2.45, 2.75) is 13.3 Å². The highest BCUT2D eigenvalue weighted by Crippen LogP contribution is 2.27. The first kappa shape index (κ1) is 16.5. The summed E-state index contributed by atoms with van der Waals surface area (Å²) in [7, 11) is 0. The van der Waals surface area contributed by atoms with Crippen LogP contribution in [0, 0.1) is 0 Å². The molecule has 0 fully saturated rings. The van der Waals surface area contributed by atoms with Crippen LogP contribution in [0.25, 0.3) is 9.88 Å². The number of thiophene rings is 1. The zero-order valence-electron chi connectivity index (χ0n) is 13.0. The van der Waals surface area contributed by atoms with Gasteiger partial charge in [0.1, 0.15) is 5.01 Å². The Hall–Kier alpha value is -2.31. The van der Waals surface area contributed by atoms with Gasteiger partial charge in [-0.3, -0.25) is 4.79 Å². The van der Waals surface area contributed by atoms with Crippen molar-refractivity contribution in [3.05, 3.63) is 64.0 Å². The number of aromatic nitrogens is 1. The number of Topliss-reactive ketones (excluding diaryl/α,β-unsaturated/α-hetero) is 1. The summed E-state index contributed by atoms with van der Waals surface area (Å²) in [4.78, 5) is 29.4. The van der Waals surface area contributed by atoms with Crippen molar-refractivity contribution in [3.8, 4) is 9.88 Å². The Morgan fingerprint density at radius 1 is 1.12 bits per heavy atom. The molecule has 0 saturated heterocycles. The SMILES string of the molecule is CCc1ccc(C(=O)COC(=O)c2csc(-c3cccs3)n2)cc1. The van der Waals surface area contributed by atoms with Crippen molar-refractivity contribution in [1.82, 2.24) is 4.98 Å². The molecule has 0 radical (unpaired) electrons. The van der Waals surface area contributed by atoms with E-state index in [2.05, 4.69) is 11.9 Å². The van der Waals surface area contributed by atoms with Gasteiger partial charge in [-0.25, -0.2) is 9.78 Å². The quantitative estimate of drug-likeness (QED) is 0.482. The van der Waals surface area contributed by atoms with Gasteiger partial charge in [0, 0.05) is 10.9 Å². The minimum Gasteiger partial charge on any atom is -0.453 e. The summed E-state index contributed by atoms with van der Waals surface area (Å²) >= 11 is 2.95. The topological polar surface area (TPSA) is 56.3 Å². The second-order valence-corrected chi connectivity index (χ2v) is 6.87. The van der Waals surface area contributed by atoms with E-state index in [0.29, 0.717) is 5.56 Å². The zero-order chi connectivity index (χ0) is 16.9. The third-order valence-corrected chi connectivity index (χ3v) is 5.35. The van der Waals surface area contributed by atoms with Crippen molar-refractivity contribution < 1.29 is 14.3 Å². The second-order valence-electron chi connectivity index (χ2n) is 5.06. The van der Waals surface area contributed by atoms with E-state index in [4.69, 9.17) is 4.74 Å². The number of aryl methyl sites for hydroxylation is 1.